The fourth-order valence-electron chi connectivity index (χ4n) is 4.50. The van der Waals surface area contributed by atoms with Gasteiger partial charge < -0.3 is 9.47 Å². The molecule has 0 aromatic heterocycles. The van der Waals surface area contributed by atoms with Gasteiger partial charge in [0.05, 0.1) is 24.0 Å². The molecule has 118 valence electrons. The maximum absolute atomic E-state index is 12.8. The molecule has 2 unspecified atom stereocenters. The highest BCUT2D eigenvalue weighted by molar-refractivity contribution is 5.92. The first-order chi connectivity index (χ1) is 9.63. The van der Waals surface area contributed by atoms with E-state index in [1.807, 2.05) is 27.7 Å². The fraction of sp³-hybridized carbons (Fsp3) is 0.765. The third-order valence-electron chi connectivity index (χ3n) is 6.21. The number of rotatable bonds is 4. The van der Waals surface area contributed by atoms with Crippen LogP contribution in [-0.2, 0) is 19.1 Å². The van der Waals surface area contributed by atoms with Crippen molar-refractivity contribution in [1.82, 2.24) is 0 Å². The lowest BCUT2D eigenvalue weighted by molar-refractivity contribution is -0.187. The fourth-order valence-corrected chi connectivity index (χ4v) is 4.50. The molecule has 0 N–H and O–H groups in total. The summed E-state index contributed by atoms with van der Waals surface area (Å²) in [5.41, 5.74) is -2.64. The number of hydrogen-bond donors (Lipinski definition) is 0. The van der Waals surface area contributed by atoms with Gasteiger partial charge >= 0.3 is 11.9 Å². The predicted molar refractivity (Wildman–Crippen MR) is 79.5 cm³/mol. The standard InChI is InChI=1S/C17H26O4/c1-7-20-12(18)16(5)14(3)9-10-15(4,11-14)17(16,6)13(19)21-8-2/h9-10H,7-8,11H2,1-6H3/t14-,15-,16?,17?/m1/s1. The van der Waals surface area contributed by atoms with E-state index in [1.54, 1.807) is 13.8 Å². The smallest absolute Gasteiger partial charge is 0.313 e. The zero-order valence-electron chi connectivity index (χ0n) is 13.9. The van der Waals surface area contributed by atoms with E-state index < -0.39 is 21.7 Å². The van der Waals surface area contributed by atoms with E-state index in [9.17, 15) is 9.59 Å². The van der Waals surface area contributed by atoms with Gasteiger partial charge in [-0.2, -0.15) is 0 Å². The molecule has 4 atom stereocenters. The van der Waals surface area contributed by atoms with E-state index in [2.05, 4.69) is 12.2 Å². The van der Waals surface area contributed by atoms with Crippen molar-refractivity contribution < 1.29 is 19.1 Å². The third kappa shape index (κ3) is 1.62. The second kappa shape index (κ2) is 4.59. The van der Waals surface area contributed by atoms with Crippen LogP contribution in [0.1, 0.15) is 48.0 Å². The van der Waals surface area contributed by atoms with E-state index in [1.165, 1.54) is 0 Å². The molecular formula is C17H26O4. The molecule has 2 aliphatic rings. The van der Waals surface area contributed by atoms with Crippen molar-refractivity contribution >= 4 is 11.9 Å². The van der Waals surface area contributed by atoms with Crippen LogP contribution in [0.3, 0.4) is 0 Å². The van der Waals surface area contributed by atoms with Crippen LogP contribution in [0.25, 0.3) is 0 Å². The van der Waals surface area contributed by atoms with Crippen molar-refractivity contribution in [1.29, 1.82) is 0 Å². The van der Waals surface area contributed by atoms with Crippen LogP contribution in [-0.4, -0.2) is 25.2 Å². The lowest BCUT2D eigenvalue weighted by Gasteiger charge is -2.49. The number of esters is 2. The normalized spacial score (nSPS) is 43.9. The third-order valence-corrected chi connectivity index (χ3v) is 6.21. The molecule has 2 rings (SSSR count). The lowest BCUT2D eigenvalue weighted by atomic mass is 9.52. The summed E-state index contributed by atoms with van der Waals surface area (Å²) in [4.78, 5) is 25.5. The van der Waals surface area contributed by atoms with Gasteiger partial charge in [-0.1, -0.05) is 26.0 Å². The quantitative estimate of drug-likeness (QED) is 0.590. The van der Waals surface area contributed by atoms with Gasteiger partial charge in [0.1, 0.15) is 0 Å². The van der Waals surface area contributed by atoms with Gasteiger partial charge in [0, 0.05) is 10.8 Å². The van der Waals surface area contributed by atoms with Crippen LogP contribution >= 0.6 is 0 Å². The van der Waals surface area contributed by atoms with Gasteiger partial charge in [-0.25, -0.2) is 0 Å². The van der Waals surface area contributed by atoms with Crippen LogP contribution in [0.2, 0.25) is 0 Å². The highest BCUT2D eigenvalue weighted by atomic mass is 16.5. The molecule has 2 aliphatic carbocycles. The van der Waals surface area contributed by atoms with E-state index >= 15 is 0 Å². The molecule has 0 spiro atoms. The highest BCUT2D eigenvalue weighted by Crippen LogP contribution is 2.75. The summed E-state index contributed by atoms with van der Waals surface area (Å²) in [5.74, 6) is -0.618. The first-order valence-electron chi connectivity index (χ1n) is 7.68. The van der Waals surface area contributed by atoms with Crippen molar-refractivity contribution in [3.63, 3.8) is 0 Å². The topological polar surface area (TPSA) is 52.6 Å². The van der Waals surface area contributed by atoms with Crippen molar-refractivity contribution in [3.05, 3.63) is 12.2 Å². The Kier molecular flexibility index (Phi) is 3.51. The molecule has 0 heterocycles. The molecule has 0 amide bonds. The Labute approximate surface area is 126 Å². The molecule has 1 fully saturated rings. The van der Waals surface area contributed by atoms with Crippen LogP contribution in [0.15, 0.2) is 12.2 Å². The summed E-state index contributed by atoms with van der Waals surface area (Å²) in [6.45, 7) is 12.0. The molecular weight excluding hydrogens is 268 g/mol. The molecule has 2 bridgehead atoms. The summed E-state index contributed by atoms with van der Waals surface area (Å²) in [5, 5.41) is 0. The van der Waals surface area contributed by atoms with Crippen LogP contribution < -0.4 is 0 Å². The van der Waals surface area contributed by atoms with Crippen LogP contribution in [0, 0.1) is 21.7 Å². The number of allylic oxidation sites excluding steroid dienone is 2. The Morgan fingerprint density at radius 3 is 1.48 bits per heavy atom. The van der Waals surface area contributed by atoms with Crippen molar-refractivity contribution in [2.24, 2.45) is 21.7 Å². The first-order valence-corrected chi connectivity index (χ1v) is 7.68. The summed E-state index contributed by atoms with van der Waals surface area (Å²) >= 11 is 0. The van der Waals surface area contributed by atoms with Crippen molar-refractivity contribution in [2.45, 2.75) is 48.0 Å². The molecule has 4 heteroatoms. The average molecular weight is 294 g/mol. The molecule has 1 saturated carbocycles. The van der Waals surface area contributed by atoms with Gasteiger partial charge in [-0.3, -0.25) is 9.59 Å². The predicted octanol–water partition coefficient (Wildman–Crippen LogP) is 3.11. The Hall–Kier alpha value is -1.32. The van der Waals surface area contributed by atoms with Crippen LogP contribution in [0.5, 0.6) is 0 Å². The lowest BCUT2D eigenvalue weighted by Crippen LogP contribution is -2.58. The summed E-state index contributed by atoms with van der Waals surface area (Å²) in [6, 6.07) is 0. The Morgan fingerprint density at radius 1 is 0.857 bits per heavy atom. The maximum atomic E-state index is 12.8. The van der Waals surface area contributed by atoms with E-state index in [0.29, 0.717) is 13.2 Å². The second-order valence-electron chi connectivity index (χ2n) is 7.04. The van der Waals surface area contributed by atoms with Crippen molar-refractivity contribution in [3.8, 4) is 0 Å². The highest BCUT2D eigenvalue weighted by Gasteiger charge is 2.78. The zero-order chi connectivity index (χ0) is 16.1. The summed E-state index contributed by atoms with van der Waals surface area (Å²) in [7, 11) is 0. The number of carbonyl (C=O) groups is 2. The Bertz CT molecular complexity index is 467. The number of fused-ring (bicyclic) bond motifs is 2. The monoisotopic (exact) mass is 294 g/mol. The minimum Gasteiger partial charge on any atom is -0.466 e. The molecule has 0 aromatic rings. The number of carbonyl (C=O) groups excluding carboxylic acids is 2. The number of ether oxygens (including phenoxy) is 2. The van der Waals surface area contributed by atoms with E-state index in [4.69, 9.17) is 9.47 Å². The summed E-state index contributed by atoms with van der Waals surface area (Å²) in [6.07, 6.45) is 4.90. The molecule has 0 aromatic carbocycles. The largest absolute Gasteiger partial charge is 0.466 e. The number of hydrogen-bond acceptors (Lipinski definition) is 4. The van der Waals surface area contributed by atoms with E-state index in [-0.39, 0.29) is 11.9 Å². The minimum absolute atomic E-state index is 0.309. The van der Waals surface area contributed by atoms with Crippen LogP contribution in [0.4, 0.5) is 0 Å². The maximum Gasteiger partial charge on any atom is 0.313 e. The van der Waals surface area contributed by atoms with Gasteiger partial charge in [-0.05, 0) is 34.1 Å². The first kappa shape index (κ1) is 16.1. The average Bonchev–Trinajstić information content (AvgIpc) is 2.80. The molecule has 4 nitrogen and oxygen atoms in total. The molecule has 0 radical (unpaired) electrons. The zero-order valence-corrected chi connectivity index (χ0v) is 13.9. The van der Waals surface area contributed by atoms with E-state index in [0.717, 1.165) is 6.42 Å². The molecule has 0 aliphatic heterocycles. The second-order valence-corrected chi connectivity index (χ2v) is 7.04. The Balaban J connectivity index is 2.62. The summed E-state index contributed by atoms with van der Waals surface area (Å²) < 4.78 is 10.7. The Morgan fingerprint density at radius 2 is 1.19 bits per heavy atom. The SMILES string of the molecule is CCOC(=O)C1(C)C(C)(C(=O)OCC)[C@]2(C)C=C[C@]1(C)C2. The minimum atomic E-state index is -0.925. The van der Waals surface area contributed by atoms with Gasteiger partial charge in [0.25, 0.3) is 0 Å². The molecule has 0 saturated heterocycles. The molecule has 21 heavy (non-hydrogen) atoms. The van der Waals surface area contributed by atoms with Gasteiger partial charge in [0.15, 0.2) is 0 Å². The van der Waals surface area contributed by atoms with Gasteiger partial charge in [-0.15, -0.1) is 0 Å². The van der Waals surface area contributed by atoms with Gasteiger partial charge in [0.2, 0.25) is 0 Å². The van der Waals surface area contributed by atoms with Crippen molar-refractivity contribution in [2.75, 3.05) is 13.2 Å².